The van der Waals surface area contributed by atoms with Crippen LogP contribution in [0.4, 0.5) is 0 Å². The summed E-state index contributed by atoms with van der Waals surface area (Å²) in [7, 11) is 0. The molecule has 16 heavy (non-hydrogen) atoms. The third kappa shape index (κ3) is 3.17. The number of allylic oxidation sites excluding steroid dienone is 2. The average Bonchev–Trinajstić information content (AvgIpc) is 2.87. The van der Waals surface area contributed by atoms with Crippen molar-refractivity contribution in [3.63, 3.8) is 0 Å². The molecule has 1 atom stereocenters. The molecule has 1 aromatic rings. The van der Waals surface area contributed by atoms with Crippen molar-refractivity contribution < 1.29 is 4.79 Å². The first-order valence-electron chi connectivity index (χ1n) is 5.58. The van der Waals surface area contributed by atoms with Gasteiger partial charge in [-0.05, 0) is 25.7 Å². The van der Waals surface area contributed by atoms with Crippen LogP contribution in [0.3, 0.4) is 0 Å². The van der Waals surface area contributed by atoms with Crippen molar-refractivity contribution in [2.75, 3.05) is 0 Å². The van der Waals surface area contributed by atoms with Crippen LogP contribution >= 0.6 is 11.3 Å². The van der Waals surface area contributed by atoms with Gasteiger partial charge in [-0.1, -0.05) is 12.2 Å². The SMILES string of the molecule is Cc1csc(CNC(=O)C[C@H]2C=CCC2)n1. The Morgan fingerprint density at radius 2 is 2.56 bits per heavy atom. The van der Waals surface area contributed by atoms with Gasteiger partial charge >= 0.3 is 0 Å². The second-order valence-corrected chi connectivity index (χ2v) is 5.07. The predicted molar refractivity (Wildman–Crippen MR) is 65.2 cm³/mol. The third-order valence-corrected chi connectivity index (χ3v) is 3.63. The summed E-state index contributed by atoms with van der Waals surface area (Å²) in [6.07, 6.45) is 7.14. The molecular formula is C12H16N2OS. The molecule has 0 bridgehead atoms. The topological polar surface area (TPSA) is 42.0 Å². The summed E-state index contributed by atoms with van der Waals surface area (Å²) in [4.78, 5) is 15.9. The summed E-state index contributed by atoms with van der Waals surface area (Å²) in [5, 5.41) is 5.89. The Morgan fingerprint density at radius 1 is 1.69 bits per heavy atom. The molecule has 0 spiro atoms. The highest BCUT2D eigenvalue weighted by atomic mass is 32.1. The number of thiazole rings is 1. The number of carbonyl (C=O) groups is 1. The van der Waals surface area contributed by atoms with E-state index < -0.39 is 0 Å². The van der Waals surface area contributed by atoms with Gasteiger partial charge in [0.25, 0.3) is 0 Å². The maximum absolute atomic E-state index is 11.6. The van der Waals surface area contributed by atoms with E-state index in [1.165, 1.54) is 0 Å². The van der Waals surface area contributed by atoms with Crippen molar-refractivity contribution >= 4 is 17.2 Å². The van der Waals surface area contributed by atoms with Gasteiger partial charge < -0.3 is 5.32 Å². The number of aromatic nitrogens is 1. The second kappa shape index (κ2) is 5.25. The van der Waals surface area contributed by atoms with Gasteiger partial charge in [-0.3, -0.25) is 4.79 Å². The predicted octanol–water partition coefficient (Wildman–Crippen LogP) is 2.42. The van der Waals surface area contributed by atoms with Gasteiger partial charge in [-0.25, -0.2) is 4.98 Å². The molecule has 0 saturated carbocycles. The summed E-state index contributed by atoms with van der Waals surface area (Å²) in [5.74, 6) is 0.572. The van der Waals surface area contributed by atoms with Gasteiger partial charge in [0.05, 0.1) is 6.54 Å². The van der Waals surface area contributed by atoms with E-state index in [2.05, 4.69) is 22.5 Å². The van der Waals surface area contributed by atoms with Crippen LogP contribution in [0.5, 0.6) is 0 Å². The number of hydrogen-bond donors (Lipinski definition) is 1. The number of nitrogens with zero attached hydrogens (tertiary/aromatic N) is 1. The van der Waals surface area contributed by atoms with Crippen molar-refractivity contribution in [3.8, 4) is 0 Å². The van der Waals surface area contributed by atoms with Crippen molar-refractivity contribution in [3.05, 3.63) is 28.2 Å². The molecule has 4 heteroatoms. The van der Waals surface area contributed by atoms with E-state index >= 15 is 0 Å². The summed E-state index contributed by atoms with van der Waals surface area (Å²) in [6.45, 7) is 2.53. The lowest BCUT2D eigenvalue weighted by Gasteiger charge is -2.07. The lowest BCUT2D eigenvalue weighted by Crippen LogP contribution is -2.24. The zero-order valence-corrected chi connectivity index (χ0v) is 10.2. The van der Waals surface area contributed by atoms with Crippen LogP contribution in [0.15, 0.2) is 17.5 Å². The standard InChI is InChI=1S/C12H16N2OS/c1-9-8-16-12(14-9)7-13-11(15)6-10-4-2-3-5-10/h2,4,8,10H,3,5-7H2,1H3,(H,13,15)/t10-/m0/s1. The number of aryl methyl sites for hydroxylation is 1. The Kier molecular flexibility index (Phi) is 3.72. The molecule has 86 valence electrons. The Bertz CT molecular complexity index is 397. The monoisotopic (exact) mass is 236 g/mol. The summed E-state index contributed by atoms with van der Waals surface area (Å²) >= 11 is 1.59. The Labute approximate surface area is 99.6 Å². The fourth-order valence-electron chi connectivity index (χ4n) is 1.83. The number of nitrogens with one attached hydrogen (secondary N) is 1. The first-order chi connectivity index (χ1) is 7.74. The van der Waals surface area contributed by atoms with Crippen LogP contribution in [-0.4, -0.2) is 10.9 Å². The molecule has 2 rings (SSSR count). The smallest absolute Gasteiger partial charge is 0.220 e. The minimum atomic E-state index is 0.129. The molecule has 0 fully saturated rings. The van der Waals surface area contributed by atoms with Gasteiger partial charge in [0.1, 0.15) is 5.01 Å². The minimum Gasteiger partial charge on any atom is -0.350 e. The van der Waals surface area contributed by atoms with E-state index in [4.69, 9.17) is 0 Å². The first-order valence-corrected chi connectivity index (χ1v) is 6.46. The minimum absolute atomic E-state index is 0.129. The van der Waals surface area contributed by atoms with E-state index in [9.17, 15) is 4.79 Å². The van der Waals surface area contributed by atoms with Crippen LogP contribution in [0.25, 0.3) is 0 Å². The van der Waals surface area contributed by atoms with Crippen LogP contribution in [-0.2, 0) is 11.3 Å². The van der Waals surface area contributed by atoms with Crippen LogP contribution < -0.4 is 5.32 Å². The average molecular weight is 236 g/mol. The van der Waals surface area contributed by atoms with E-state index in [-0.39, 0.29) is 5.91 Å². The van der Waals surface area contributed by atoms with E-state index in [0.717, 1.165) is 23.5 Å². The van der Waals surface area contributed by atoms with Gasteiger partial charge in [0, 0.05) is 17.5 Å². The summed E-state index contributed by atoms with van der Waals surface area (Å²) in [5.41, 5.74) is 1.02. The Balaban J connectivity index is 1.73. The number of rotatable bonds is 4. The quantitative estimate of drug-likeness (QED) is 0.816. The van der Waals surface area contributed by atoms with Crippen molar-refractivity contribution in [2.45, 2.75) is 32.7 Å². The van der Waals surface area contributed by atoms with Gasteiger partial charge in [0.2, 0.25) is 5.91 Å². The highest BCUT2D eigenvalue weighted by molar-refractivity contribution is 7.09. The number of carbonyl (C=O) groups excluding carboxylic acids is 1. The van der Waals surface area contributed by atoms with E-state index in [0.29, 0.717) is 18.9 Å². The lowest BCUT2D eigenvalue weighted by molar-refractivity contribution is -0.121. The van der Waals surface area contributed by atoms with Crippen LogP contribution in [0.2, 0.25) is 0 Å². The fraction of sp³-hybridized carbons (Fsp3) is 0.500. The molecule has 0 unspecified atom stereocenters. The second-order valence-electron chi connectivity index (χ2n) is 4.13. The third-order valence-electron chi connectivity index (χ3n) is 2.66. The number of amides is 1. The largest absolute Gasteiger partial charge is 0.350 e. The lowest BCUT2D eigenvalue weighted by atomic mass is 10.1. The van der Waals surface area contributed by atoms with Crippen molar-refractivity contribution in [1.82, 2.24) is 10.3 Å². The molecule has 0 radical (unpaired) electrons. The number of hydrogen-bond acceptors (Lipinski definition) is 3. The Morgan fingerprint density at radius 3 is 3.19 bits per heavy atom. The zero-order chi connectivity index (χ0) is 11.4. The highest BCUT2D eigenvalue weighted by Gasteiger charge is 2.13. The van der Waals surface area contributed by atoms with Gasteiger partial charge in [0.15, 0.2) is 0 Å². The van der Waals surface area contributed by atoms with Crippen molar-refractivity contribution in [2.24, 2.45) is 5.92 Å². The molecule has 1 amide bonds. The summed E-state index contributed by atoms with van der Waals surface area (Å²) in [6, 6.07) is 0. The highest BCUT2D eigenvalue weighted by Crippen LogP contribution is 2.20. The van der Waals surface area contributed by atoms with E-state index in [1.807, 2.05) is 12.3 Å². The molecular weight excluding hydrogens is 220 g/mol. The van der Waals surface area contributed by atoms with Crippen LogP contribution in [0.1, 0.15) is 30.0 Å². The zero-order valence-electron chi connectivity index (χ0n) is 9.40. The van der Waals surface area contributed by atoms with Crippen molar-refractivity contribution in [1.29, 1.82) is 0 Å². The van der Waals surface area contributed by atoms with Gasteiger partial charge in [-0.2, -0.15) is 0 Å². The molecule has 1 aliphatic carbocycles. The van der Waals surface area contributed by atoms with Crippen LogP contribution in [0, 0.1) is 12.8 Å². The fourth-order valence-corrected chi connectivity index (χ4v) is 2.55. The molecule has 1 N–H and O–H groups in total. The molecule has 0 aliphatic heterocycles. The molecule has 1 aliphatic rings. The molecule has 3 nitrogen and oxygen atoms in total. The molecule has 1 heterocycles. The maximum Gasteiger partial charge on any atom is 0.220 e. The molecule has 0 saturated heterocycles. The van der Waals surface area contributed by atoms with E-state index in [1.54, 1.807) is 11.3 Å². The maximum atomic E-state index is 11.6. The summed E-state index contributed by atoms with van der Waals surface area (Å²) < 4.78 is 0. The first kappa shape index (κ1) is 11.3. The normalized spacial score (nSPS) is 18.9. The Hall–Kier alpha value is -1.16. The molecule has 0 aromatic carbocycles. The van der Waals surface area contributed by atoms with Gasteiger partial charge in [-0.15, -0.1) is 11.3 Å². The molecule has 1 aromatic heterocycles.